The maximum Gasteiger partial charge on any atom is 0.253 e. The van der Waals surface area contributed by atoms with E-state index in [1.54, 1.807) is 4.68 Å². The van der Waals surface area contributed by atoms with E-state index in [0.717, 1.165) is 56.9 Å². The summed E-state index contributed by atoms with van der Waals surface area (Å²) in [6.45, 7) is 7.01. The Labute approximate surface area is 167 Å². The zero-order chi connectivity index (χ0) is 19.9. The highest BCUT2D eigenvalue weighted by Crippen LogP contribution is 2.15. The van der Waals surface area contributed by atoms with E-state index >= 15 is 0 Å². The van der Waals surface area contributed by atoms with Crippen molar-refractivity contribution in [1.29, 1.82) is 0 Å². The van der Waals surface area contributed by atoms with Gasteiger partial charge in [0.1, 0.15) is 0 Å². The molecule has 0 saturated carbocycles. The summed E-state index contributed by atoms with van der Waals surface area (Å²) in [7, 11) is 6.22. The van der Waals surface area contributed by atoms with E-state index in [0.29, 0.717) is 12.1 Å². The molecule has 0 bridgehead atoms. The van der Waals surface area contributed by atoms with Gasteiger partial charge in [-0.15, -0.1) is 0 Å². The lowest BCUT2D eigenvalue weighted by Gasteiger charge is -2.32. The number of piperazine rings is 1. The highest BCUT2D eigenvalue weighted by Gasteiger charge is 2.15. The molecule has 2 aromatic rings. The Bertz CT molecular complexity index is 764. The van der Waals surface area contributed by atoms with Gasteiger partial charge in [0.2, 0.25) is 0 Å². The third-order valence-electron chi connectivity index (χ3n) is 5.06. The van der Waals surface area contributed by atoms with Gasteiger partial charge in [-0.3, -0.25) is 4.79 Å². The summed E-state index contributed by atoms with van der Waals surface area (Å²) in [6.07, 6.45) is 4.80. The van der Waals surface area contributed by atoms with Crippen molar-refractivity contribution in [2.75, 3.05) is 60.4 Å². The average molecular weight is 385 g/mol. The maximum absolute atomic E-state index is 12.7. The number of carbonyl (C=O) groups excluding carboxylic acids is 1. The minimum Gasteiger partial charge on any atom is -0.352 e. The van der Waals surface area contributed by atoms with E-state index in [1.807, 2.05) is 50.8 Å². The summed E-state index contributed by atoms with van der Waals surface area (Å²) in [5.74, 6) is -0.0429. The summed E-state index contributed by atoms with van der Waals surface area (Å²) < 4.78 is 1.79. The van der Waals surface area contributed by atoms with Crippen molar-refractivity contribution in [3.8, 4) is 5.69 Å². The molecule has 0 spiro atoms. The molecule has 1 aliphatic heterocycles. The van der Waals surface area contributed by atoms with Crippen LogP contribution in [0.15, 0.2) is 36.7 Å². The second-order valence-corrected chi connectivity index (χ2v) is 7.80. The molecule has 3 rings (SSSR count). The van der Waals surface area contributed by atoms with Crippen LogP contribution in [0.25, 0.3) is 5.69 Å². The molecule has 0 atom stereocenters. The molecular formula is C21H32N6O. The molecule has 0 aliphatic carbocycles. The van der Waals surface area contributed by atoms with E-state index < -0.39 is 0 Å². The van der Waals surface area contributed by atoms with Crippen molar-refractivity contribution in [3.63, 3.8) is 0 Å². The molecule has 1 aromatic carbocycles. The number of para-hydroxylation sites is 1. The predicted octanol–water partition coefficient (Wildman–Crippen LogP) is 1.30. The van der Waals surface area contributed by atoms with Crippen molar-refractivity contribution >= 4 is 5.91 Å². The van der Waals surface area contributed by atoms with E-state index in [-0.39, 0.29) is 5.91 Å². The predicted molar refractivity (Wildman–Crippen MR) is 112 cm³/mol. The van der Waals surface area contributed by atoms with Gasteiger partial charge in [0.25, 0.3) is 5.91 Å². The van der Waals surface area contributed by atoms with Crippen LogP contribution in [-0.2, 0) is 6.54 Å². The minimum atomic E-state index is -0.0429. The number of nitrogens with zero attached hydrogens (tertiary/aromatic N) is 5. The summed E-state index contributed by atoms with van der Waals surface area (Å²) in [5.41, 5.74) is 2.58. The maximum atomic E-state index is 12.7. The van der Waals surface area contributed by atoms with Crippen LogP contribution >= 0.6 is 0 Å². The van der Waals surface area contributed by atoms with Crippen LogP contribution in [0.3, 0.4) is 0 Å². The molecule has 7 nitrogen and oxygen atoms in total. The van der Waals surface area contributed by atoms with E-state index in [2.05, 4.69) is 32.2 Å². The zero-order valence-corrected chi connectivity index (χ0v) is 17.3. The first kappa shape index (κ1) is 20.5. The Hall–Kier alpha value is -2.22. The molecule has 1 saturated heterocycles. The molecule has 1 fully saturated rings. The highest BCUT2D eigenvalue weighted by atomic mass is 16.1. The molecule has 1 aliphatic rings. The zero-order valence-electron chi connectivity index (χ0n) is 17.3. The normalized spacial score (nSPS) is 15.9. The third-order valence-corrected chi connectivity index (χ3v) is 5.06. The second-order valence-electron chi connectivity index (χ2n) is 7.80. The number of benzene rings is 1. The number of hydrogen-bond donors (Lipinski definition) is 1. The summed E-state index contributed by atoms with van der Waals surface area (Å²) in [6, 6.07) is 7.63. The number of nitrogens with one attached hydrogen (secondary N) is 1. The molecule has 0 unspecified atom stereocenters. The van der Waals surface area contributed by atoms with E-state index in [4.69, 9.17) is 0 Å². The van der Waals surface area contributed by atoms with Gasteiger partial charge in [0.15, 0.2) is 0 Å². The van der Waals surface area contributed by atoms with Crippen LogP contribution in [-0.4, -0.2) is 90.8 Å². The Kier molecular flexibility index (Phi) is 7.19. The number of carbonyl (C=O) groups is 1. The smallest absolute Gasteiger partial charge is 0.253 e. The molecule has 1 N–H and O–H groups in total. The average Bonchev–Trinajstić information content (AvgIpc) is 3.14. The Balaban J connectivity index is 1.54. The summed E-state index contributed by atoms with van der Waals surface area (Å²) in [4.78, 5) is 19.7. The Morgan fingerprint density at radius 2 is 1.93 bits per heavy atom. The quantitative estimate of drug-likeness (QED) is 0.696. The lowest BCUT2D eigenvalue weighted by Crippen LogP contribution is -2.45. The van der Waals surface area contributed by atoms with Crippen LogP contribution in [0.1, 0.15) is 22.3 Å². The molecular weight excluding hydrogens is 352 g/mol. The third kappa shape index (κ3) is 5.64. The number of rotatable bonds is 8. The summed E-state index contributed by atoms with van der Waals surface area (Å²) >= 11 is 0. The lowest BCUT2D eigenvalue weighted by atomic mass is 10.1. The van der Waals surface area contributed by atoms with Gasteiger partial charge in [-0.1, -0.05) is 12.1 Å². The van der Waals surface area contributed by atoms with E-state index in [1.165, 1.54) is 0 Å². The first-order valence-corrected chi connectivity index (χ1v) is 9.99. The molecule has 7 heteroatoms. The molecule has 1 aromatic heterocycles. The van der Waals surface area contributed by atoms with Crippen molar-refractivity contribution in [2.45, 2.75) is 13.0 Å². The number of likely N-dealkylation sites (N-methyl/N-ethyl adjacent to an activating group) is 1. The number of amides is 1. The van der Waals surface area contributed by atoms with Crippen LogP contribution in [0.2, 0.25) is 0 Å². The fourth-order valence-electron chi connectivity index (χ4n) is 3.48. The highest BCUT2D eigenvalue weighted by molar-refractivity contribution is 5.97. The fourth-order valence-corrected chi connectivity index (χ4v) is 3.48. The van der Waals surface area contributed by atoms with Gasteiger partial charge in [0.05, 0.1) is 17.4 Å². The van der Waals surface area contributed by atoms with Gasteiger partial charge in [-0.2, -0.15) is 5.10 Å². The summed E-state index contributed by atoms with van der Waals surface area (Å²) in [5, 5.41) is 7.52. The van der Waals surface area contributed by atoms with Crippen LogP contribution in [0, 0.1) is 0 Å². The van der Waals surface area contributed by atoms with Gasteiger partial charge in [0, 0.05) is 51.0 Å². The molecule has 0 radical (unpaired) electrons. The molecule has 28 heavy (non-hydrogen) atoms. The van der Waals surface area contributed by atoms with Gasteiger partial charge >= 0.3 is 0 Å². The minimum absolute atomic E-state index is 0.0429. The first-order valence-electron chi connectivity index (χ1n) is 9.99. The number of hydrogen-bond acceptors (Lipinski definition) is 5. The van der Waals surface area contributed by atoms with Crippen LogP contribution < -0.4 is 5.32 Å². The Morgan fingerprint density at radius 1 is 1.18 bits per heavy atom. The fraction of sp³-hybridized carbons (Fsp3) is 0.524. The number of aromatic nitrogens is 2. The lowest BCUT2D eigenvalue weighted by molar-refractivity contribution is 0.0949. The topological polar surface area (TPSA) is 56.6 Å². The molecule has 1 amide bonds. The first-order chi connectivity index (χ1) is 13.5. The van der Waals surface area contributed by atoms with Crippen molar-refractivity contribution in [3.05, 3.63) is 47.8 Å². The molecule has 2 heterocycles. The SMILES string of the molecule is CN(C)Cc1cnn(-c2ccccc2C(=O)NCCCN2CCN(C)CC2)c1. The van der Waals surface area contributed by atoms with Gasteiger partial charge in [-0.25, -0.2) is 4.68 Å². The standard InChI is InChI=1S/C21H32N6O/c1-24(2)16-18-15-23-27(17-18)20-8-5-4-7-19(20)21(28)22-9-6-10-26-13-11-25(3)12-14-26/h4-5,7-8,15,17H,6,9-14,16H2,1-3H3,(H,22,28). The molecule has 152 valence electrons. The van der Waals surface area contributed by atoms with E-state index in [9.17, 15) is 4.79 Å². The van der Waals surface area contributed by atoms with Crippen LogP contribution in [0.4, 0.5) is 0 Å². The van der Waals surface area contributed by atoms with Crippen molar-refractivity contribution in [1.82, 2.24) is 29.8 Å². The van der Waals surface area contributed by atoms with Gasteiger partial charge in [-0.05, 0) is 46.2 Å². The largest absolute Gasteiger partial charge is 0.352 e. The van der Waals surface area contributed by atoms with Crippen LogP contribution in [0.5, 0.6) is 0 Å². The monoisotopic (exact) mass is 384 g/mol. The second kappa shape index (κ2) is 9.82. The van der Waals surface area contributed by atoms with Gasteiger partial charge < -0.3 is 20.0 Å². The Morgan fingerprint density at radius 3 is 2.68 bits per heavy atom. The van der Waals surface area contributed by atoms with Crippen molar-refractivity contribution in [2.24, 2.45) is 0 Å². The van der Waals surface area contributed by atoms with Crippen molar-refractivity contribution < 1.29 is 4.79 Å².